The first-order chi connectivity index (χ1) is 8.36. The molecule has 2 nitrogen and oxygen atoms in total. The lowest BCUT2D eigenvalue weighted by Crippen LogP contribution is -2.37. The first kappa shape index (κ1) is 12.2. The van der Waals surface area contributed by atoms with Crippen molar-refractivity contribution >= 4 is 0 Å². The molecule has 0 saturated carbocycles. The van der Waals surface area contributed by atoms with E-state index in [1.54, 1.807) is 0 Å². The fourth-order valence-corrected chi connectivity index (χ4v) is 2.25. The van der Waals surface area contributed by atoms with Gasteiger partial charge in [0.25, 0.3) is 0 Å². The second-order valence-electron chi connectivity index (χ2n) is 4.34. The van der Waals surface area contributed by atoms with Gasteiger partial charge in [0.1, 0.15) is 6.10 Å². The molecule has 2 atom stereocenters. The molecule has 1 aromatic rings. The Morgan fingerprint density at radius 2 is 2.35 bits per heavy atom. The smallest absolute Gasteiger partial charge is 0.109 e. The second kappa shape index (κ2) is 5.86. The van der Waals surface area contributed by atoms with Crippen LogP contribution < -0.4 is 5.32 Å². The number of ether oxygens (including phenoxy) is 1. The van der Waals surface area contributed by atoms with Crippen LogP contribution in [0.4, 0.5) is 0 Å². The van der Waals surface area contributed by atoms with Gasteiger partial charge in [0.2, 0.25) is 0 Å². The summed E-state index contributed by atoms with van der Waals surface area (Å²) in [5, 5.41) is 3.37. The molecule has 2 heteroatoms. The highest BCUT2D eigenvalue weighted by atomic mass is 16.5. The van der Waals surface area contributed by atoms with E-state index in [2.05, 4.69) is 36.4 Å². The van der Waals surface area contributed by atoms with Crippen LogP contribution in [0.5, 0.6) is 0 Å². The van der Waals surface area contributed by atoms with Gasteiger partial charge < -0.3 is 10.1 Å². The molecular weight excluding hydrogens is 210 g/mol. The first-order valence-corrected chi connectivity index (χ1v) is 6.25. The normalized spacial score (nSPS) is 20.4. The van der Waals surface area contributed by atoms with Crippen LogP contribution in [0.25, 0.3) is 0 Å². The second-order valence-corrected chi connectivity index (χ2v) is 4.34. The lowest BCUT2D eigenvalue weighted by molar-refractivity contribution is 0.0284. The first-order valence-electron chi connectivity index (χ1n) is 6.25. The number of rotatable bonds is 4. The molecule has 0 bridgehead atoms. The summed E-state index contributed by atoms with van der Waals surface area (Å²) in [6, 6.07) is 8.38. The van der Waals surface area contributed by atoms with Crippen LogP contribution >= 0.6 is 0 Å². The predicted molar refractivity (Wildman–Crippen MR) is 69.8 cm³/mol. The largest absolute Gasteiger partial charge is 0.370 e. The lowest BCUT2D eigenvalue weighted by atomic mass is 9.93. The van der Waals surface area contributed by atoms with E-state index in [1.165, 1.54) is 11.1 Å². The highest BCUT2D eigenvalue weighted by Crippen LogP contribution is 2.29. The molecule has 0 saturated heterocycles. The van der Waals surface area contributed by atoms with Gasteiger partial charge in [-0.3, -0.25) is 0 Å². The topological polar surface area (TPSA) is 21.3 Å². The molecule has 0 radical (unpaired) electrons. The molecule has 1 aliphatic heterocycles. The number of hydrogen-bond acceptors (Lipinski definition) is 2. The zero-order chi connectivity index (χ0) is 12.1. The van der Waals surface area contributed by atoms with Crippen LogP contribution in [0, 0.1) is 12.3 Å². The quantitative estimate of drug-likeness (QED) is 0.800. The monoisotopic (exact) mass is 229 g/mol. The molecular formula is C15H19NO. The average molecular weight is 229 g/mol. The van der Waals surface area contributed by atoms with Crippen molar-refractivity contribution in [2.45, 2.75) is 31.9 Å². The molecule has 17 heavy (non-hydrogen) atoms. The van der Waals surface area contributed by atoms with Crippen LogP contribution in [0.2, 0.25) is 0 Å². The Balaban J connectivity index is 2.19. The third-order valence-electron chi connectivity index (χ3n) is 3.13. The van der Waals surface area contributed by atoms with E-state index in [9.17, 15) is 0 Å². The van der Waals surface area contributed by atoms with Crippen molar-refractivity contribution < 1.29 is 4.74 Å². The van der Waals surface area contributed by atoms with Gasteiger partial charge in [0.05, 0.1) is 12.6 Å². The maximum atomic E-state index is 5.85. The van der Waals surface area contributed by atoms with Gasteiger partial charge in [-0.25, -0.2) is 0 Å². The Labute approximate surface area is 103 Å². The SMILES string of the molecule is C#CC(NCCC)C1OCCc2ccccc21. The Morgan fingerprint density at radius 3 is 3.12 bits per heavy atom. The predicted octanol–water partition coefficient (Wildman–Crippen LogP) is 2.30. The van der Waals surface area contributed by atoms with Crippen LogP contribution in [0.1, 0.15) is 30.6 Å². The minimum atomic E-state index is -0.0311. The number of benzene rings is 1. The third kappa shape index (κ3) is 2.69. The van der Waals surface area contributed by atoms with Crippen molar-refractivity contribution in [3.8, 4) is 12.3 Å². The molecule has 1 aliphatic rings. The molecule has 0 aliphatic carbocycles. The number of hydrogen-bond donors (Lipinski definition) is 1. The Hall–Kier alpha value is -1.30. The standard InChI is InChI=1S/C15H19NO/c1-3-10-16-14(4-2)15-13-8-6-5-7-12(13)9-11-17-15/h2,5-8,14-16H,3,9-11H2,1H3. The zero-order valence-electron chi connectivity index (χ0n) is 10.3. The molecule has 90 valence electrons. The van der Waals surface area contributed by atoms with Gasteiger partial charge in [-0.15, -0.1) is 6.42 Å². The van der Waals surface area contributed by atoms with E-state index in [0.717, 1.165) is 26.0 Å². The summed E-state index contributed by atoms with van der Waals surface area (Å²) in [7, 11) is 0. The summed E-state index contributed by atoms with van der Waals surface area (Å²) >= 11 is 0. The van der Waals surface area contributed by atoms with Gasteiger partial charge in [-0.1, -0.05) is 37.1 Å². The Bertz CT molecular complexity index is 408. The van der Waals surface area contributed by atoms with E-state index >= 15 is 0 Å². The summed E-state index contributed by atoms with van der Waals surface area (Å²) in [5.41, 5.74) is 2.60. The zero-order valence-corrected chi connectivity index (χ0v) is 10.3. The minimum Gasteiger partial charge on any atom is -0.370 e. The number of fused-ring (bicyclic) bond motifs is 1. The molecule has 0 amide bonds. The van der Waals surface area contributed by atoms with Gasteiger partial charge in [0, 0.05) is 0 Å². The lowest BCUT2D eigenvalue weighted by Gasteiger charge is -2.30. The van der Waals surface area contributed by atoms with Crippen LogP contribution in [-0.4, -0.2) is 19.2 Å². The fraction of sp³-hybridized carbons (Fsp3) is 0.467. The molecule has 2 unspecified atom stereocenters. The highest BCUT2D eigenvalue weighted by Gasteiger charge is 2.26. The molecule has 0 spiro atoms. The minimum absolute atomic E-state index is 0.00324. The maximum absolute atomic E-state index is 5.85. The maximum Gasteiger partial charge on any atom is 0.109 e. The summed E-state index contributed by atoms with van der Waals surface area (Å²) in [4.78, 5) is 0. The molecule has 2 rings (SSSR count). The highest BCUT2D eigenvalue weighted by molar-refractivity contribution is 5.33. The van der Waals surface area contributed by atoms with Gasteiger partial charge in [-0.2, -0.15) is 0 Å². The molecule has 1 heterocycles. The van der Waals surface area contributed by atoms with Crippen molar-refractivity contribution in [1.82, 2.24) is 5.32 Å². The number of terminal acetylenes is 1. The Kier molecular flexibility index (Phi) is 4.19. The van der Waals surface area contributed by atoms with E-state index in [-0.39, 0.29) is 12.1 Å². The number of nitrogens with one attached hydrogen (secondary N) is 1. The molecule has 0 aromatic heterocycles. The van der Waals surface area contributed by atoms with E-state index in [4.69, 9.17) is 11.2 Å². The fourth-order valence-electron chi connectivity index (χ4n) is 2.25. The van der Waals surface area contributed by atoms with Crippen molar-refractivity contribution in [2.75, 3.05) is 13.2 Å². The van der Waals surface area contributed by atoms with Gasteiger partial charge >= 0.3 is 0 Å². The summed E-state index contributed by atoms with van der Waals surface area (Å²) in [6.07, 6.45) is 7.67. The summed E-state index contributed by atoms with van der Waals surface area (Å²) < 4.78 is 5.85. The van der Waals surface area contributed by atoms with Crippen LogP contribution in [0.3, 0.4) is 0 Å². The summed E-state index contributed by atoms with van der Waals surface area (Å²) in [5.74, 6) is 2.81. The van der Waals surface area contributed by atoms with Crippen LogP contribution in [-0.2, 0) is 11.2 Å². The molecule has 1 N–H and O–H groups in total. The van der Waals surface area contributed by atoms with Crippen molar-refractivity contribution in [2.24, 2.45) is 0 Å². The summed E-state index contributed by atoms with van der Waals surface area (Å²) in [6.45, 7) is 3.82. The van der Waals surface area contributed by atoms with Gasteiger partial charge in [0.15, 0.2) is 0 Å². The van der Waals surface area contributed by atoms with E-state index in [1.807, 2.05) is 6.07 Å². The van der Waals surface area contributed by atoms with E-state index < -0.39 is 0 Å². The molecule has 0 fully saturated rings. The van der Waals surface area contributed by atoms with Crippen molar-refractivity contribution in [3.63, 3.8) is 0 Å². The van der Waals surface area contributed by atoms with E-state index in [0.29, 0.717) is 0 Å². The Morgan fingerprint density at radius 1 is 1.53 bits per heavy atom. The van der Waals surface area contributed by atoms with Crippen LogP contribution in [0.15, 0.2) is 24.3 Å². The van der Waals surface area contributed by atoms with Crippen molar-refractivity contribution in [1.29, 1.82) is 0 Å². The average Bonchev–Trinajstić information content (AvgIpc) is 2.40. The van der Waals surface area contributed by atoms with Gasteiger partial charge in [-0.05, 0) is 30.5 Å². The van der Waals surface area contributed by atoms with Crippen molar-refractivity contribution in [3.05, 3.63) is 35.4 Å². The third-order valence-corrected chi connectivity index (χ3v) is 3.13. The molecule has 1 aromatic carbocycles.